The average molecular weight is 458 g/mol. The molecular formula is C14H10F3IO4S. The van der Waals surface area contributed by atoms with Gasteiger partial charge in [-0.3, -0.25) is 0 Å². The molecule has 0 radical (unpaired) electrons. The van der Waals surface area contributed by atoms with Crippen LogP contribution in [0.4, 0.5) is 13.2 Å². The predicted molar refractivity (Wildman–Crippen MR) is 85.9 cm³/mol. The number of methoxy groups -OCH3 is 1. The van der Waals surface area contributed by atoms with Gasteiger partial charge in [0.05, 0.1) is 0 Å². The summed E-state index contributed by atoms with van der Waals surface area (Å²) in [4.78, 5) is 0. The number of hydrogen-bond donors (Lipinski definition) is 0. The van der Waals surface area contributed by atoms with Gasteiger partial charge in [-0.05, 0) is 0 Å². The summed E-state index contributed by atoms with van der Waals surface area (Å²) in [6.07, 6.45) is 0. The van der Waals surface area contributed by atoms with E-state index in [0.29, 0.717) is 24.0 Å². The molecule has 2 aromatic carbocycles. The van der Waals surface area contributed by atoms with Gasteiger partial charge in [-0.1, -0.05) is 0 Å². The van der Waals surface area contributed by atoms with Crippen LogP contribution < -0.4 is 4.74 Å². The third kappa shape index (κ3) is 2.81. The summed E-state index contributed by atoms with van der Waals surface area (Å²) in [7, 11) is -4.17. The van der Waals surface area contributed by atoms with Gasteiger partial charge in [-0.2, -0.15) is 0 Å². The molecule has 2 aromatic rings. The second kappa shape index (κ2) is 5.64. The van der Waals surface area contributed by atoms with Crippen LogP contribution in [0.1, 0.15) is 0 Å². The molecule has 0 aromatic heterocycles. The minimum atomic E-state index is -5.64. The Hall–Kier alpha value is -1.33. The summed E-state index contributed by atoms with van der Waals surface area (Å²) in [6, 6.07) is 11.6. The predicted octanol–water partition coefficient (Wildman–Crippen LogP) is 4.00. The average Bonchev–Trinajstić information content (AvgIpc) is 2.80. The molecule has 0 atom stereocenters. The van der Waals surface area contributed by atoms with E-state index in [9.17, 15) is 21.6 Å². The van der Waals surface area contributed by atoms with Crippen molar-refractivity contribution in [2.24, 2.45) is 0 Å². The molecular weight excluding hydrogens is 448 g/mol. The van der Waals surface area contributed by atoms with Crippen molar-refractivity contribution in [1.29, 1.82) is 0 Å². The normalized spacial score (nSPS) is 15.2. The van der Waals surface area contributed by atoms with Crippen molar-refractivity contribution in [2.75, 3.05) is 7.11 Å². The first-order valence-electron chi connectivity index (χ1n) is 6.23. The Morgan fingerprint density at radius 3 is 2.30 bits per heavy atom. The SMILES string of the molecule is COc1ccc2c(c1)-c1ccccc1I2OS(=O)(=O)C(F)(F)F. The third-order valence-electron chi connectivity index (χ3n) is 3.14. The molecule has 23 heavy (non-hydrogen) atoms. The number of hydrogen-bond acceptors (Lipinski definition) is 4. The van der Waals surface area contributed by atoms with Gasteiger partial charge in [0.1, 0.15) is 0 Å². The van der Waals surface area contributed by atoms with Gasteiger partial charge >= 0.3 is 138 Å². The van der Waals surface area contributed by atoms with Crippen LogP contribution in [0, 0.1) is 7.14 Å². The molecule has 1 aliphatic heterocycles. The van der Waals surface area contributed by atoms with Crippen molar-refractivity contribution in [2.45, 2.75) is 5.51 Å². The van der Waals surface area contributed by atoms with E-state index >= 15 is 0 Å². The van der Waals surface area contributed by atoms with Crippen LogP contribution in [0.2, 0.25) is 0 Å². The summed E-state index contributed by atoms with van der Waals surface area (Å²) in [5.74, 6) is 0.537. The van der Waals surface area contributed by atoms with Gasteiger partial charge in [0.15, 0.2) is 0 Å². The van der Waals surface area contributed by atoms with Crippen LogP contribution in [-0.4, -0.2) is 21.0 Å². The Bertz CT molecular complexity index is 865. The van der Waals surface area contributed by atoms with Crippen molar-refractivity contribution < 1.29 is 28.8 Å². The quantitative estimate of drug-likeness (QED) is 0.516. The van der Waals surface area contributed by atoms with Gasteiger partial charge in [-0.15, -0.1) is 0 Å². The fraction of sp³-hybridized carbons (Fsp3) is 0.143. The first-order valence-corrected chi connectivity index (χ1v) is 10.7. The van der Waals surface area contributed by atoms with Crippen LogP contribution in [0.5, 0.6) is 5.75 Å². The number of alkyl halides is 3. The minimum absolute atomic E-state index is 0.504. The molecule has 0 aliphatic carbocycles. The zero-order chi connectivity index (χ0) is 16.8. The van der Waals surface area contributed by atoms with E-state index in [1.807, 2.05) is 0 Å². The Balaban J connectivity index is 2.13. The molecule has 0 unspecified atom stereocenters. The van der Waals surface area contributed by atoms with Gasteiger partial charge in [0, 0.05) is 0 Å². The first-order chi connectivity index (χ1) is 10.7. The van der Waals surface area contributed by atoms with Crippen molar-refractivity contribution in [1.82, 2.24) is 0 Å². The third-order valence-corrected chi connectivity index (χ3v) is 10.5. The molecule has 3 rings (SSSR count). The molecule has 0 N–H and O–H groups in total. The fourth-order valence-electron chi connectivity index (χ4n) is 2.11. The van der Waals surface area contributed by atoms with Crippen LogP contribution in [0.3, 0.4) is 0 Å². The number of fused-ring (bicyclic) bond motifs is 3. The molecule has 0 amide bonds. The fourth-order valence-corrected chi connectivity index (χ4v) is 9.32. The van der Waals surface area contributed by atoms with Crippen molar-refractivity contribution in [3.05, 3.63) is 49.6 Å². The maximum atomic E-state index is 12.6. The van der Waals surface area contributed by atoms with E-state index in [1.165, 1.54) is 7.11 Å². The Morgan fingerprint density at radius 1 is 1.00 bits per heavy atom. The number of halogens is 4. The summed E-state index contributed by atoms with van der Waals surface area (Å²) in [5.41, 5.74) is -4.10. The van der Waals surface area contributed by atoms with Crippen LogP contribution >= 0.6 is 20.2 Å². The molecule has 0 saturated carbocycles. The Kier molecular flexibility index (Phi) is 4.05. The number of rotatable bonds is 3. The van der Waals surface area contributed by atoms with Gasteiger partial charge in [0.2, 0.25) is 0 Å². The van der Waals surface area contributed by atoms with E-state index in [0.717, 1.165) is 0 Å². The van der Waals surface area contributed by atoms with Crippen LogP contribution in [0.15, 0.2) is 42.5 Å². The Labute approximate surface area is 138 Å². The Morgan fingerprint density at radius 2 is 1.65 bits per heavy atom. The summed E-state index contributed by atoms with van der Waals surface area (Å²) in [5, 5.41) is 0. The zero-order valence-corrected chi connectivity index (χ0v) is 14.6. The monoisotopic (exact) mass is 458 g/mol. The molecule has 0 fully saturated rings. The molecule has 0 spiro atoms. The molecule has 9 heteroatoms. The van der Waals surface area contributed by atoms with Gasteiger partial charge in [0.25, 0.3) is 0 Å². The maximum absolute atomic E-state index is 12.6. The van der Waals surface area contributed by atoms with Crippen LogP contribution in [-0.2, 0) is 12.6 Å². The van der Waals surface area contributed by atoms with Crippen LogP contribution in [0.25, 0.3) is 11.1 Å². The number of benzene rings is 2. The number of ether oxygens (including phenoxy) is 1. The summed E-state index contributed by atoms with van der Waals surface area (Å²) in [6.45, 7) is 0. The molecule has 4 nitrogen and oxygen atoms in total. The molecule has 1 aliphatic rings. The standard InChI is InChI=1S/C14H10F3IO4S/c1-21-9-6-7-13-11(8-9)10-4-2-3-5-12(10)18(13)22-23(19,20)14(15,16)17/h2-8H,1H3. The van der Waals surface area contributed by atoms with Crippen molar-refractivity contribution in [3.8, 4) is 16.9 Å². The van der Waals surface area contributed by atoms with Gasteiger partial charge in [-0.25, -0.2) is 0 Å². The van der Waals surface area contributed by atoms with Crippen molar-refractivity contribution >= 4 is 30.4 Å². The van der Waals surface area contributed by atoms with Gasteiger partial charge < -0.3 is 0 Å². The van der Waals surface area contributed by atoms with E-state index in [4.69, 9.17) is 4.74 Å². The van der Waals surface area contributed by atoms with E-state index in [2.05, 4.69) is 2.51 Å². The molecule has 124 valence electrons. The molecule has 1 heterocycles. The van der Waals surface area contributed by atoms with E-state index < -0.39 is 35.9 Å². The first kappa shape index (κ1) is 16.5. The topological polar surface area (TPSA) is 52.6 Å². The second-order valence-electron chi connectivity index (χ2n) is 4.54. The zero-order valence-electron chi connectivity index (χ0n) is 11.6. The van der Waals surface area contributed by atoms with E-state index in [1.54, 1.807) is 42.5 Å². The molecule has 0 saturated heterocycles. The summed E-state index contributed by atoms with van der Waals surface area (Å²) >= 11 is -3.21. The van der Waals surface area contributed by atoms with Crippen molar-refractivity contribution in [3.63, 3.8) is 0 Å². The van der Waals surface area contributed by atoms with E-state index in [-0.39, 0.29) is 0 Å². The summed E-state index contributed by atoms with van der Waals surface area (Å²) < 4.78 is 71.6. The molecule has 0 bridgehead atoms. The second-order valence-corrected chi connectivity index (χ2v) is 10.9.